The average molecular weight is 431 g/mol. The maximum atomic E-state index is 12.9. The first-order valence-electron chi connectivity index (χ1n) is 9.59. The lowest BCUT2D eigenvalue weighted by Crippen LogP contribution is -2.47. The summed E-state index contributed by atoms with van der Waals surface area (Å²) in [6.45, 7) is 0.563. The molecule has 2 aromatic carbocycles. The lowest BCUT2D eigenvalue weighted by Gasteiger charge is -2.20. The Labute approximate surface area is 175 Å². The van der Waals surface area contributed by atoms with Crippen LogP contribution in [0.1, 0.15) is 22.8 Å². The zero-order valence-corrected chi connectivity index (χ0v) is 16.8. The molecule has 0 spiro atoms. The first-order chi connectivity index (χ1) is 14.6. The Bertz CT molecular complexity index is 1170. The first kappa shape index (κ1) is 20.7. The molecule has 2 heterocycles. The lowest BCUT2D eigenvalue weighted by atomic mass is 10.1. The van der Waals surface area contributed by atoms with Gasteiger partial charge in [0.1, 0.15) is 12.6 Å². The van der Waals surface area contributed by atoms with Gasteiger partial charge in [-0.25, -0.2) is 0 Å². The molecule has 0 fully saturated rings. The summed E-state index contributed by atoms with van der Waals surface area (Å²) in [6, 6.07) is 9.00. The van der Waals surface area contributed by atoms with E-state index in [1.54, 1.807) is 29.1 Å². The summed E-state index contributed by atoms with van der Waals surface area (Å²) in [7, 11) is 1.85. The zero-order chi connectivity index (χ0) is 22.3. The van der Waals surface area contributed by atoms with Crippen molar-refractivity contribution in [1.29, 1.82) is 0 Å². The van der Waals surface area contributed by atoms with E-state index in [1.165, 1.54) is 4.90 Å². The molecule has 7 nitrogen and oxygen atoms in total. The second-order valence-corrected chi connectivity index (χ2v) is 7.50. The number of aryl methyl sites for hydroxylation is 1. The number of nitrogens with zero attached hydrogens (tertiary/aromatic N) is 3. The SMILES string of the molecule is C[C@H](NC(=O)CN1Cc2cccc(Nc3ccc4c(cnn4C)c3)c2C1=O)C(F)(F)F. The number of nitrogens with one attached hydrogen (secondary N) is 2. The smallest absolute Gasteiger partial charge is 0.355 e. The molecular formula is C21H20F3N5O2. The number of benzene rings is 2. The Morgan fingerprint density at radius 2 is 2.03 bits per heavy atom. The van der Waals surface area contributed by atoms with Crippen molar-refractivity contribution < 1.29 is 22.8 Å². The predicted octanol–water partition coefficient (Wildman–Crippen LogP) is 3.34. The fraction of sp³-hybridized carbons (Fsp3) is 0.286. The molecule has 2 amide bonds. The standard InChI is InChI=1S/C21H20F3N5O2/c1-12(21(22,23)24)26-18(30)11-29-10-13-4-3-5-16(19(13)20(29)31)27-15-6-7-17-14(8-15)9-25-28(17)2/h3-9,12,27H,10-11H2,1-2H3,(H,26,30)/t12-/m0/s1. The number of carbonyl (C=O) groups is 2. The van der Waals surface area contributed by atoms with Gasteiger partial charge in [0.15, 0.2) is 0 Å². The van der Waals surface area contributed by atoms with E-state index in [1.807, 2.05) is 30.6 Å². The fourth-order valence-electron chi connectivity index (χ4n) is 3.59. The molecule has 1 aromatic heterocycles. The van der Waals surface area contributed by atoms with Crippen LogP contribution in [0, 0.1) is 0 Å². The molecule has 0 unspecified atom stereocenters. The van der Waals surface area contributed by atoms with E-state index in [0.717, 1.165) is 23.5 Å². The molecule has 31 heavy (non-hydrogen) atoms. The van der Waals surface area contributed by atoms with Crippen molar-refractivity contribution >= 4 is 34.1 Å². The van der Waals surface area contributed by atoms with Gasteiger partial charge in [-0.1, -0.05) is 12.1 Å². The number of hydrogen-bond acceptors (Lipinski definition) is 4. The maximum absolute atomic E-state index is 12.9. The van der Waals surface area contributed by atoms with E-state index in [-0.39, 0.29) is 6.54 Å². The van der Waals surface area contributed by atoms with Crippen LogP contribution in [-0.4, -0.2) is 45.3 Å². The monoisotopic (exact) mass is 431 g/mol. The Kier molecular flexibility index (Phi) is 5.08. The molecule has 162 valence electrons. The number of amides is 2. The summed E-state index contributed by atoms with van der Waals surface area (Å²) in [5, 5.41) is 10.3. The van der Waals surface area contributed by atoms with E-state index >= 15 is 0 Å². The van der Waals surface area contributed by atoms with Crippen molar-refractivity contribution in [2.75, 3.05) is 11.9 Å². The van der Waals surface area contributed by atoms with Crippen LogP contribution in [0.2, 0.25) is 0 Å². The highest BCUT2D eigenvalue weighted by Crippen LogP contribution is 2.32. The molecule has 3 aromatic rings. The zero-order valence-electron chi connectivity index (χ0n) is 16.8. The van der Waals surface area contributed by atoms with Gasteiger partial charge >= 0.3 is 6.18 Å². The van der Waals surface area contributed by atoms with Gasteiger partial charge in [-0.2, -0.15) is 18.3 Å². The molecular weight excluding hydrogens is 411 g/mol. The van der Waals surface area contributed by atoms with Crippen LogP contribution in [0.15, 0.2) is 42.6 Å². The summed E-state index contributed by atoms with van der Waals surface area (Å²) >= 11 is 0. The molecule has 1 atom stereocenters. The van der Waals surface area contributed by atoms with E-state index in [2.05, 4.69) is 10.4 Å². The van der Waals surface area contributed by atoms with Crippen molar-refractivity contribution in [3.8, 4) is 0 Å². The minimum absolute atomic E-state index is 0.152. The number of rotatable bonds is 5. The van der Waals surface area contributed by atoms with Gasteiger partial charge in [-0.15, -0.1) is 0 Å². The molecule has 0 saturated carbocycles. The third-order valence-corrected chi connectivity index (χ3v) is 5.24. The van der Waals surface area contributed by atoms with Crippen LogP contribution in [0.25, 0.3) is 10.9 Å². The molecule has 1 aliphatic rings. The van der Waals surface area contributed by atoms with Crippen LogP contribution in [0.4, 0.5) is 24.5 Å². The number of alkyl halides is 3. The van der Waals surface area contributed by atoms with Gasteiger partial charge in [0.05, 0.1) is 23.0 Å². The highest BCUT2D eigenvalue weighted by Gasteiger charge is 2.38. The summed E-state index contributed by atoms with van der Waals surface area (Å²) in [4.78, 5) is 26.2. The van der Waals surface area contributed by atoms with Crippen LogP contribution < -0.4 is 10.6 Å². The summed E-state index contributed by atoms with van der Waals surface area (Å²) in [6.07, 6.45) is -2.80. The van der Waals surface area contributed by atoms with Crippen molar-refractivity contribution in [3.05, 3.63) is 53.7 Å². The van der Waals surface area contributed by atoms with Gasteiger partial charge in [0.2, 0.25) is 5.91 Å². The molecule has 10 heteroatoms. The second-order valence-electron chi connectivity index (χ2n) is 7.50. The Hall–Kier alpha value is -3.56. The lowest BCUT2D eigenvalue weighted by molar-refractivity contribution is -0.158. The molecule has 0 bridgehead atoms. The molecule has 1 aliphatic heterocycles. The fourth-order valence-corrected chi connectivity index (χ4v) is 3.59. The van der Waals surface area contributed by atoms with Gasteiger partial charge in [0, 0.05) is 24.7 Å². The highest BCUT2D eigenvalue weighted by molar-refractivity contribution is 6.05. The average Bonchev–Trinajstić information content (AvgIpc) is 3.21. The van der Waals surface area contributed by atoms with E-state index < -0.39 is 30.6 Å². The summed E-state index contributed by atoms with van der Waals surface area (Å²) in [5.41, 5.74) is 3.40. The number of carbonyl (C=O) groups excluding carboxylic acids is 2. The summed E-state index contributed by atoms with van der Waals surface area (Å²) in [5.74, 6) is -1.27. The van der Waals surface area contributed by atoms with E-state index in [9.17, 15) is 22.8 Å². The number of anilines is 2. The van der Waals surface area contributed by atoms with Gasteiger partial charge in [-0.05, 0) is 36.8 Å². The number of fused-ring (bicyclic) bond motifs is 2. The first-order valence-corrected chi connectivity index (χ1v) is 9.59. The van der Waals surface area contributed by atoms with Gasteiger partial charge < -0.3 is 15.5 Å². The molecule has 0 radical (unpaired) electrons. The minimum Gasteiger partial charge on any atom is -0.355 e. The van der Waals surface area contributed by atoms with E-state index in [4.69, 9.17) is 0 Å². The highest BCUT2D eigenvalue weighted by atomic mass is 19.4. The summed E-state index contributed by atoms with van der Waals surface area (Å²) < 4.78 is 39.7. The maximum Gasteiger partial charge on any atom is 0.408 e. The van der Waals surface area contributed by atoms with Gasteiger partial charge in [-0.3, -0.25) is 14.3 Å². The second kappa shape index (κ2) is 7.60. The van der Waals surface area contributed by atoms with Crippen LogP contribution in [0.5, 0.6) is 0 Å². The van der Waals surface area contributed by atoms with Crippen LogP contribution >= 0.6 is 0 Å². The predicted molar refractivity (Wildman–Crippen MR) is 109 cm³/mol. The molecule has 0 saturated heterocycles. The van der Waals surface area contributed by atoms with Crippen LogP contribution in [0.3, 0.4) is 0 Å². The minimum atomic E-state index is -4.54. The molecule has 0 aliphatic carbocycles. The van der Waals surface area contributed by atoms with Crippen molar-refractivity contribution in [2.45, 2.75) is 25.7 Å². The quantitative estimate of drug-likeness (QED) is 0.650. The molecule has 4 rings (SSSR count). The van der Waals surface area contributed by atoms with Crippen LogP contribution in [-0.2, 0) is 18.4 Å². The Morgan fingerprint density at radius 3 is 2.77 bits per heavy atom. The third-order valence-electron chi connectivity index (χ3n) is 5.24. The number of halogens is 3. The van der Waals surface area contributed by atoms with E-state index in [0.29, 0.717) is 16.8 Å². The number of hydrogen-bond donors (Lipinski definition) is 2. The molecule has 2 N–H and O–H groups in total. The third kappa shape index (κ3) is 4.05. The largest absolute Gasteiger partial charge is 0.408 e. The normalized spacial score (nSPS) is 14.6. The van der Waals surface area contributed by atoms with Gasteiger partial charge in [0.25, 0.3) is 5.91 Å². The van der Waals surface area contributed by atoms with Crippen molar-refractivity contribution in [3.63, 3.8) is 0 Å². The van der Waals surface area contributed by atoms with Crippen molar-refractivity contribution in [2.24, 2.45) is 7.05 Å². The Morgan fingerprint density at radius 1 is 1.26 bits per heavy atom. The number of aromatic nitrogens is 2. The van der Waals surface area contributed by atoms with Crippen molar-refractivity contribution in [1.82, 2.24) is 20.0 Å². The Balaban J connectivity index is 1.51. The topological polar surface area (TPSA) is 79.3 Å².